The number of hydrogen-bond acceptors (Lipinski definition) is 5. The highest BCUT2D eigenvalue weighted by atomic mass is 16.7. The van der Waals surface area contributed by atoms with Gasteiger partial charge < -0.3 is 14.2 Å². The molecule has 1 aliphatic heterocycles. The average Bonchev–Trinajstić information content (AvgIpc) is 2.19. The first kappa shape index (κ1) is 10.8. The highest BCUT2D eigenvalue weighted by Crippen LogP contribution is 2.23. The van der Waals surface area contributed by atoms with Crippen molar-refractivity contribution < 1.29 is 23.8 Å². The lowest BCUT2D eigenvalue weighted by Gasteiger charge is -2.29. The summed E-state index contributed by atoms with van der Waals surface area (Å²) < 4.78 is 14.2. The van der Waals surface area contributed by atoms with Crippen molar-refractivity contribution >= 4 is 12.1 Å². The zero-order chi connectivity index (χ0) is 10.6. The van der Waals surface area contributed by atoms with Crippen LogP contribution in [0.15, 0.2) is 0 Å². The van der Waals surface area contributed by atoms with E-state index in [9.17, 15) is 9.59 Å². The number of carbonyl (C=O) groups excluding carboxylic acids is 2. The van der Waals surface area contributed by atoms with Gasteiger partial charge in [0.25, 0.3) is 0 Å². The van der Waals surface area contributed by atoms with E-state index in [1.165, 1.54) is 0 Å². The zero-order valence-corrected chi connectivity index (χ0v) is 8.37. The predicted molar refractivity (Wildman–Crippen MR) is 46.7 cm³/mol. The molecule has 0 aromatic rings. The lowest BCUT2D eigenvalue weighted by atomic mass is 9.93. The van der Waals surface area contributed by atoms with Crippen molar-refractivity contribution in [1.82, 2.24) is 0 Å². The van der Waals surface area contributed by atoms with E-state index in [1.807, 2.05) is 6.92 Å². The number of hydrogen-bond donors (Lipinski definition) is 0. The molecule has 14 heavy (non-hydrogen) atoms. The maximum atomic E-state index is 11.5. The summed E-state index contributed by atoms with van der Waals surface area (Å²) in [7, 11) is 0. The molecule has 0 unspecified atom stereocenters. The molecular formula is C9H14O5. The molecule has 5 nitrogen and oxygen atoms in total. The average molecular weight is 202 g/mol. The van der Waals surface area contributed by atoms with Crippen molar-refractivity contribution in [2.75, 3.05) is 19.8 Å². The topological polar surface area (TPSA) is 61.8 Å². The van der Waals surface area contributed by atoms with Crippen LogP contribution in [0, 0.1) is 5.41 Å². The molecule has 1 aliphatic rings. The Morgan fingerprint density at radius 3 is 2.57 bits per heavy atom. The SMILES string of the molecule is CCCOC(=O)C1(C)COC(=O)OC1. The van der Waals surface area contributed by atoms with E-state index in [1.54, 1.807) is 6.92 Å². The van der Waals surface area contributed by atoms with Gasteiger partial charge in [-0.05, 0) is 13.3 Å². The fourth-order valence-electron chi connectivity index (χ4n) is 1.01. The number of cyclic esters (lactones) is 2. The highest BCUT2D eigenvalue weighted by molar-refractivity contribution is 5.78. The molecule has 0 aromatic heterocycles. The first-order valence-corrected chi connectivity index (χ1v) is 4.55. The van der Waals surface area contributed by atoms with E-state index in [0.717, 1.165) is 6.42 Å². The van der Waals surface area contributed by atoms with Gasteiger partial charge in [-0.25, -0.2) is 4.79 Å². The molecule has 0 spiro atoms. The van der Waals surface area contributed by atoms with Gasteiger partial charge >= 0.3 is 12.1 Å². The number of rotatable bonds is 3. The molecule has 0 aromatic carbocycles. The summed E-state index contributed by atoms with van der Waals surface area (Å²) in [6.07, 6.45) is 0.0356. The van der Waals surface area contributed by atoms with E-state index in [-0.39, 0.29) is 19.2 Å². The smallest absolute Gasteiger partial charge is 0.465 e. The van der Waals surface area contributed by atoms with Crippen LogP contribution in [0.25, 0.3) is 0 Å². The normalized spacial score (nSPS) is 19.4. The van der Waals surface area contributed by atoms with Crippen LogP contribution in [0.1, 0.15) is 20.3 Å². The van der Waals surface area contributed by atoms with Crippen LogP contribution in [0.4, 0.5) is 4.79 Å². The maximum absolute atomic E-state index is 11.5. The monoisotopic (exact) mass is 202 g/mol. The summed E-state index contributed by atoms with van der Waals surface area (Å²) in [5, 5.41) is 0. The largest absolute Gasteiger partial charge is 0.508 e. The molecule has 5 heteroatoms. The maximum Gasteiger partial charge on any atom is 0.508 e. The second kappa shape index (κ2) is 4.30. The Kier molecular flexibility index (Phi) is 3.33. The summed E-state index contributed by atoms with van der Waals surface area (Å²) in [5.74, 6) is -0.383. The number of ether oxygens (including phenoxy) is 3. The van der Waals surface area contributed by atoms with E-state index in [2.05, 4.69) is 9.47 Å². The van der Waals surface area contributed by atoms with Gasteiger partial charge in [0.1, 0.15) is 18.6 Å². The minimum atomic E-state index is -0.858. The number of carbonyl (C=O) groups is 2. The molecule has 0 saturated carbocycles. The fraction of sp³-hybridized carbons (Fsp3) is 0.778. The lowest BCUT2D eigenvalue weighted by molar-refractivity contribution is -0.166. The molecule has 0 aliphatic carbocycles. The molecule has 0 N–H and O–H groups in total. The molecule has 0 radical (unpaired) electrons. The third-order valence-corrected chi connectivity index (χ3v) is 1.95. The van der Waals surface area contributed by atoms with Gasteiger partial charge in [-0.15, -0.1) is 0 Å². The molecule has 1 rings (SSSR count). The van der Waals surface area contributed by atoms with Crippen molar-refractivity contribution in [3.63, 3.8) is 0 Å². The molecule has 1 heterocycles. The van der Waals surface area contributed by atoms with Crippen LogP contribution in [-0.4, -0.2) is 31.9 Å². The summed E-state index contributed by atoms with van der Waals surface area (Å²) in [6, 6.07) is 0. The second-order valence-electron chi connectivity index (χ2n) is 3.52. The zero-order valence-electron chi connectivity index (χ0n) is 8.37. The highest BCUT2D eigenvalue weighted by Gasteiger charge is 2.41. The van der Waals surface area contributed by atoms with Gasteiger partial charge in [-0.2, -0.15) is 0 Å². The third kappa shape index (κ3) is 2.37. The third-order valence-electron chi connectivity index (χ3n) is 1.95. The van der Waals surface area contributed by atoms with Gasteiger partial charge in [0.15, 0.2) is 0 Å². The predicted octanol–water partition coefficient (Wildman–Crippen LogP) is 1.11. The van der Waals surface area contributed by atoms with Crippen LogP contribution >= 0.6 is 0 Å². The molecular weight excluding hydrogens is 188 g/mol. The van der Waals surface area contributed by atoms with E-state index >= 15 is 0 Å². The second-order valence-corrected chi connectivity index (χ2v) is 3.52. The van der Waals surface area contributed by atoms with E-state index in [0.29, 0.717) is 6.61 Å². The van der Waals surface area contributed by atoms with Crippen LogP contribution in [0.2, 0.25) is 0 Å². The first-order valence-electron chi connectivity index (χ1n) is 4.55. The van der Waals surface area contributed by atoms with Crippen molar-refractivity contribution in [2.45, 2.75) is 20.3 Å². The quantitative estimate of drug-likeness (QED) is 0.641. The Bertz CT molecular complexity index is 225. The number of esters is 1. The van der Waals surface area contributed by atoms with Crippen LogP contribution in [-0.2, 0) is 19.0 Å². The molecule has 80 valence electrons. The minimum Gasteiger partial charge on any atom is -0.465 e. The van der Waals surface area contributed by atoms with E-state index in [4.69, 9.17) is 4.74 Å². The summed E-state index contributed by atoms with van der Waals surface area (Å²) >= 11 is 0. The van der Waals surface area contributed by atoms with Crippen molar-refractivity contribution in [2.24, 2.45) is 5.41 Å². The Balaban J connectivity index is 2.48. The Morgan fingerprint density at radius 2 is 2.07 bits per heavy atom. The van der Waals surface area contributed by atoms with Crippen LogP contribution in [0.3, 0.4) is 0 Å². The van der Waals surface area contributed by atoms with Gasteiger partial charge in [-0.3, -0.25) is 4.79 Å². The Hall–Kier alpha value is -1.26. The van der Waals surface area contributed by atoms with Crippen LogP contribution in [0.5, 0.6) is 0 Å². The first-order chi connectivity index (χ1) is 6.58. The van der Waals surface area contributed by atoms with Gasteiger partial charge in [-0.1, -0.05) is 6.92 Å². The summed E-state index contributed by atoms with van der Waals surface area (Å²) in [4.78, 5) is 22.1. The van der Waals surface area contributed by atoms with E-state index < -0.39 is 11.6 Å². The molecule has 1 saturated heterocycles. The molecule has 0 bridgehead atoms. The van der Waals surface area contributed by atoms with Gasteiger partial charge in [0, 0.05) is 0 Å². The van der Waals surface area contributed by atoms with Crippen LogP contribution < -0.4 is 0 Å². The summed E-state index contributed by atoms with van der Waals surface area (Å²) in [5.41, 5.74) is -0.858. The fourth-order valence-corrected chi connectivity index (χ4v) is 1.01. The molecule has 0 amide bonds. The Morgan fingerprint density at radius 1 is 1.50 bits per heavy atom. The van der Waals surface area contributed by atoms with Gasteiger partial charge in [0.05, 0.1) is 6.61 Å². The minimum absolute atomic E-state index is 0.0222. The van der Waals surface area contributed by atoms with Gasteiger partial charge in [0.2, 0.25) is 0 Å². The molecule has 1 fully saturated rings. The summed E-state index contributed by atoms with van der Waals surface area (Å²) in [6.45, 7) is 3.98. The Labute approximate surface area is 82.3 Å². The van der Waals surface area contributed by atoms with Crippen molar-refractivity contribution in [3.8, 4) is 0 Å². The standard InChI is InChI=1S/C9H14O5/c1-3-4-12-7(10)9(2)5-13-8(11)14-6-9/h3-6H2,1-2H3. The van der Waals surface area contributed by atoms with Crippen molar-refractivity contribution in [1.29, 1.82) is 0 Å². The molecule has 0 atom stereocenters. The van der Waals surface area contributed by atoms with Crippen molar-refractivity contribution in [3.05, 3.63) is 0 Å². The lowest BCUT2D eigenvalue weighted by Crippen LogP contribution is -2.44.